The summed E-state index contributed by atoms with van der Waals surface area (Å²) in [5.41, 5.74) is 3.23. The van der Waals surface area contributed by atoms with E-state index in [0.717, 1.165) is 16.5 Å². The smallest absolute Gasteiger partial charge is 0.236 e. The summed E-state index contributed by atoms with van der Waals surface area (Å²) in [7, 11) is -1.78. The summed E-state index contributed by atoms with van der Waals surface area (Å²) in [6.07, 6.45) is 1.22. The molecule has 5 nitrogen and oxygen atoms in total. The molecule has 6 heteroatoms. The van der Waals surface area contributed by atoms with Gasteiger partial charge >= 0.3 is 0 Å². The summed E-state index contributed by atoms with van der Waals surface area (Å²) in [5.74, 6) is 0. The fourth-order valence-electron chi connectivity index (χ4n) is 2.79. The van der Waals surface area contributed by atoms with Crippen LogP contribution in [0.4, 0.5) is 0 Å². The van der Waals surface area contributed by atoms with E-state index in [1.807, 2.05) is 54.6 Å². The van der Waals surface area contributed by atoms with Gasteiger partial charge in [-0.05, 0) is 23.3 Å². The van der Waals surface area contributed by atoms with Crippen LogP contribution in [0.25, 0.3) is 22.2 Å². The van der Waals surface area contributed by atoms with Gasteiger partial charge in [-0.1, -0.05) is 42.5 Å². The molecular weight excluding hydrogens is 338 g/mol. The van der Waals surface area contributed by atoms with E-state index in [1.165, 1.54) is 10.2 Å². The average molecular weight is 359 g/mol. The monoisotopic (exact) mass is 359 g/mol. The van der Waals surface area contributed by atoms with Crippen LogP contribution in [0.2, 0.25) is 0 Å². The topological polar surface area (TPSA) is 57.5 Å². The molecule has 0 aliphatic carbocycles. The summed E-state index contributed by atoms with van der Waals surface area (Å²) in [4.78, 5) is 0. The highest BCUT2D eigenvalue weighted by molar-refractivity contribution is 7.89. The standard InChI is InChI=1S/C19H21NO4S/c1-23-11-12-24-14-15-7-9-16(10-8-15)19-13-17-5-3-4-6-18(17)20(19)25(2,21)22/h3-10,13H,11-12,14H2,1-2H3. The second-order valence-electron chi connectivity index (χ2n) is 5.86. The first kappa shape index (κ1) is 17.7. The van der Waals surface area contributed by atoms with Crippen molar-refractivity contribution < 1.29 is 17.9 Å². The Morgan fingerprint density at radius 1 is 1.00 bits per heavy atom. The van der Waals surface area contributed by atoms with Crippen molar-refractivity contribution in [2.24, 2.45) is 0 Å². The van der Waals surface area contributed by atoms with Crippen molar-refractivity contribution >= 4 is 20.9 Å². The first-order chi connectivity index (χ1) is 12.0. The van der Waals surface area contributed by atoms with Crippen LogP contribution in [0.5, 0.6) is 0 Å². The number of para-hydroxylation sites is 1. The van der Waals surface area contributed by atoms with Gasteiger partial charge in [0, 0.05) is 12.5 Å². The van der Waals surface area contributed by atoms with Crippen LogP contribution < -0.4 is 0 Å². The maximum Gasteiger partial charge on any atom is 0.236 e. The Bertz CT molecular complexity index is 959. The zero-order valence-electron chi connectivity index (χ0n) is 14.3. The number of ether oxygens (including phenoxy) is 2. The van der Waals surface area contributed by atoms with E-state index in [0.29, 0.717) is 31.0 Å². The van der Waals surface area contributed by atoms with Crippen LogP contribution in [0.15, 0.2) is 54.6 Å². The van der Waals surface area contributed by atoms with Crippen molar-refractivity contribution in [3.8, 4) is 11.3 Å². The number of methoxy groups -OCH3 is 1. The molecule has 0 fully saturated rings. The first-order valence-corrected chi connectivity index (χ1v) is 9.82. The minimum absolute atomic E-state index is 0.499. The Kier molecular flexibility index (Phi) is 5.22. The van der Waals surface area contributed by atoms with Gasteiger partial charge in [0.25, 0.3) is 0 Å². The second kappa shape index (κ2) is 7.39. The number of nitrogens with zero attached hydrogens (tertiary/aromatic N) is 1. The molecule has 0 saturated carbocycles. The van der Waals surface area contributed by atoms with Gasteiger partial charge in [-0.15, -0.1) is 0 Å². The van der Waals surface area contributed by atoms with E-state index in [9.17, 15) is 8.42 Å². The third-order valence-electron chi connectivity index (χ3n) is 3.95. The Hall–Kier alpha value is -2.15. The number of aromatic nitrogens is 1. The Morgan fingerprint density at radius 2 is 1.72 bits per heavy atom. The van der Waals surface area contributed by atoms with Gasteiger partial charge in [-0.25, -0.2) is 12.4 Å². The summed E-state index contributed by atoms with van der Waals surface area (Å²) in [6.45, 7) is 1.60. The number of benzene rings is 2. The van der Waals surface area contributed by atoms with Gasteiger partial charge in [0.2, 0.25) is 10.0 Å². The molecule has 132 valence electrons. The molecule has 0 aliphatic rings. The van der Waals surface area contributed by atoms with Gasteiger partial charge in [0.1, 0.15) is 0 Å². The van der Waals surface area contributed by atoms with E-state index >= 15 is 0 Å². The molecule has 3 rings (SSSR count). The molecule has 0 spiro atoms. The van der Waals surface area contributed by atoms with Crippen LogP contribution in [0, 0.1) is 0 Å². The van der Waals surface area contributed by atoms with E-state index < -0.39 is 10.0 Å². The lowest BCUT2D eigenvalue weighted by molar-refractivity contribution is 0.0617. The Morgan fingerprint density at radius 3 is 2.40 bits per heavy atom. The molecule has 3 aromatic rings. The minimum Gasteiger partial charge on any atom is -0.382 e. The van der Waals surface area contributed by atoms with Crippen molar-refractivity contribution in [1.82, 2.24) is 3.97 Å². The molecule has 0 aliphatic heterocycles. The largest absolute Gasteiger partial charge is 0.382 e. The van der Waals surface area contributed by atoms with Crippen molar-refractivity contribution in [3.05, 3.63) is 60.2 Å². The van der Waals surface area contributed by atoms with Crippen LogP contribution in [0.1, 0.15) is 5.56 Å². The fraction of sp³-hybridized carbons (Fsp3) is 0.263. The maximum absolute atomic E-state index is 12.3. The molecular formula is C19H21NO4S. The average Bonchev–Trinajstić information content (AvgIpc) is 2.99. The molecule has 1 heterocycles. The number of hydrogen-bond acceptors (Lipinski definition) is 4. The number of hydrogen-bond donors (Lipinski definition) is 0. The second-order valence-corrected chi connectivity index (χ2v) is 7.69. The van der Waals surface area contributed by atoms with Gasteiger partial charge in [0.15, 0.2) is 0 Å². The zero-order valence-corrected chi connectivity index (χ0v) is 15.1. The molecule has 0 saturated heterocycles. The van der Waals surface area contributed by atoms with Crippen LogP contribution in [0.3, 0.4) is 0 Å². The third-order valence-corrected chi connectivity index (χ3v) is 5.01. The molecule has 0 radical (unpaired) electrons. The lowest BCUT2D eigenvalue weighted by atomic mass is 10.1. The van der Waals surface area contributed by atoms with Gasteiger partial charge in [0.05, 0.1) is 37.3 Å². The van der Waals surface area contributed by atoms with E-state index in [1.54, 1.807) is 7.11 Å². The quantitative estimate of drug-likeness (QED) is 0.608. The summed E-state index contributed by atoms with van der Waals surface area (Å²) in [5, 5.41) is 0.898. The Labute approximate surface area is 147 Å². The zero-order chi connectivity index (χ0) is 17.9. The third kappa shape index (κ3) is 3.92. The maximum atomic E-state index is 12.3. The predicted molar refractivity (Wildman–Crippen MR) is 99.1 cm³/mol. The fourth-order valence-corrected chi connectivity index (χ4v) is 3.83. The summed E-state index contributed by atoms with van der Waals surface area (Å²) < 4.78 is 36.5. The Balaban J connectivity index is 1.94. The summed E-state index contributed by atoms with van der Waals surface area (Å²) in [6, 6.07) is 17.1. The van der Waals surface area contributed by atoms with Gasteiger partial charge < -0.3 is 9.47 Å². The SMILES string of the molecule is COCCOCc1ccc(-c2cc3ccccc3n2S(C)(=O)=O)cc1. The highest BCUT2D eigenvalue weighted by Crippen LogP contribution is 2.29. The molecule has 0 atom stereocenters. The van der Waals surface area contributed by atoms with Crippen molar-refractivity contribution in [2.75, 3.05) is 26.6 Å². The van der Waals surface area contributed by atoms with E-state index in [-0.39, 0.29) is 0 Å². The van der Waals surface area contributed by atoms with Gasteiger partial charge in [-0.3, -0.25) is 0 Å². The minimum atomic E-state index is -3.42. The van der Waals surface area contributed by atoms with Crippen molar-refractivity contribution in [1.29, 1.82) is 0 Å². The molecule has 0 unspecified atom stereocenters. The van der Waals surface area contributed by atoms with Crippen molar-refractivity contribution in [3.63, 3.8) is 0 Å². The molecule has 1 aromatic heterocycles. The highest BCUT2D eigenvalue weighted by Gasteiger charge is 2.17. The van der Waals surface area contributed by atoms with Crippen molar-refractivity contribution in [2.45, 2.75) is 6.61 Å². The molecule has 0 N–H and O–H groups in total. The normalized spacial score (nSPS) is 11.9. The van der Waals surface area contributed by atoms with Crippen LogP contribution >= 0.6 is 0 Å². The first-order valence-electron chi connectivity index (χ1n) is 7.98. The predicted octanol–water partition coefficient (Wildman–Crippen LogP) is 3.28. The van der Waals surface area contributed by atoms with Crippen LogP contribution in [-0.4, -0.2) is 39.0 Å². The molecule has 25 heavy (non-hydrogen) atoms. The molecule has 0 amide bonds. The number of fused-ring (bicyclic) bond motifs is 1. The van der Waals surface area contributed by atoms with Gasteiger partial charge in [-0.2, -0.15) is 0 Å². The highest BCUT2D eigenvalue weighted by atomic mass is 32.2. The number of rotatable bonds is 7. The van der Waals surface area contributed by atoms with Crippen LogP contribution in [-0.2, 0) is 26.1 Å². The molecule has 0 bridgehead atoms. The van der Waals surface area contributed by atoms with E-state index in [4.69, 9.17) is 9.47 Å². The lowest BCUT2D eigenvalue weighted by Gasteiger charge is -2.09. The molecule has 2 aromatic carbocycles. The lowest BCUT2D eigenvalue weighted by Crippen LogP contribution is -2.11. The van der Waals surface area contributed by atoms with E-state index in [2.05, 4.69) is 0 Å². The summed E-state index contributed by atoms with van der Waals surface area (Å²) >= 11 is 0.